The number of aryl methyl sites for hydroxylation is 1. The topological polar surface area (TPSA) is 109 Å². The fraction of sp³-hybridized carbons (Fsp3) is 0.467. The van der Waals surface area contributed by atoms with Crippen molar-refractivity contribution in [2.45, 2.75) is 53.3 Å². The molecule has 0 aliphatic carbocycles. The number of benzene rings is 2. The van der Waals surface area contributed by atoms with Gasteiger partial charge in [-0.1, -0.05) is 12.1 Å². The van der Waals surface area contributed by atoms with Gasteiger partial charge in [0.15, 0.2) is 0 Å². The van der Waals surface area contributed by atoms with Gasteiger partial charge in [0.05, 0.1) is 18.7 Å². The van der Waals surface area contributed by atoms with Gasteiger partial charge in [0, 0.05) is 51.0 Å². The number of nitrogens with zero attached hydrogens (tertiary/aromatic N) is 5. The minimum atomic E-state index is -0.703. The second kappa shape index (κ2) is 13.7. The van der Waals surface area contributed by atoms with E-state index in [0.29, 0.717) is 29.9 Å². The molecule has 0 bridgehead atoms. The average Bonchev–Trinajstić information content (AvgIpc) is 3.36. The molecule has 2 aromatic carbocycles. The van der Waals surface area contributed by atoms with Crippen LogP contribution in [0.15, 0.2) is 30.3 Å². The van der Waals surface area contributed by atoms with Gasteiger partial charge in [0.25, 0.3) is 5.91 Å². The number of nitrogens with one attached hydrogen (secondary N) is 1. The van der Waals surface area contributed by atoms with Crippen molar-refractivity contribution in [3.8, 4) is 6.07 Å². The van der Waals surface area contributed by atoms with Crippen molar-refractivity contribution >= 4 is 23.6 Å². The van der Waals surface area contributed by atoms with Crippen LogP contribution in [-0.4, -0.2) is 78.2 Å². The number of amides is 3. The molecule has 0 atom stereocenters. The van der Waals surface area contributed by atoms with Gasteiger partial charge < -0.3 is 14.5 Å². The van der Waals surface area contributed by atoms with Crippen molar-refractivity contribution in [3.05, 3.63) is 64.2 Å². The van der Waals surface area contributed by atoms with Crippen LogP contribution in [0.5, 0.6) is 0 Å². The van der Waals surface area contributed by atoms with Gasteiger partial charge in [-0.05, 0) is 63.9 Å². The van der Waals surface area contributed by atoms with E-state index < -0.39 is 23.4 Å². The lowest BCUT2D eigenvalue weighted by molar-refractivity contribution is -0.145. The number of carbonyl (C=O) groups excluding carboxylic acids is 3. The number of anilines is 1. The second-order valence-corrected chi connectivity index (χ2v) is 11.1. The molecular weight excluding hydrogens is 546 g/mol. The zero-order valence-corrected chi connectivity index (χ0v) is 25.0. The Morgan fingerprint density at radius 3 is 2.38 bits per heavy atom. The highest BCUT2D eigenvalue weighted by Crippen LogP contribution is 2.26. The van der Waals surface area contributed by atoms with E-state index >= 15 is 0 Å². The van der Waals surface area contributed by atoms with Gasteiger partial charge in [-0.2, -0.15) is 5.26 Å². The van der Waals surface area contributed by atoms with Gasteiger partial charge in [0.2, 0.25) is 5.91 Å². The number of halogens is 2. The summed E-state index contributed by atoms with van der Waals surface area (Å²) in [6.07, 6.45) is -0.540. The van der Waals surface area contributed by atoms with Crippen molar-refractivity contribution in [2.24, 2.45) is 0 Å². The fourth-order valence-corrected chi connectivity index (χ4v) is 4.56. The molecule has 0 aromatic heterocycles. The number of rotatable bonds is 10. The summed E-state index contributed by atoms with van der Waals surface area (Å²) in [4.78, 5) is 41.8. The van der Waals surface area contributed by atoms with Crippen LogP contribution in [-0.2, 0) is 27.4 Å². The maximum absolute atomic E-state index is 14.3. The summed E-state index contributed by atoms with van der Waals surface area (Å²) in [6, 6.07) is 9.12. The van der Waals surface area contributed by atoms with E-state index in [1.807, 2.05) is 6.07 Å². The number of likely N-dealkylation sites (N-methyl/N-ethyl adjacent to an activating group) is 2. The number of hydrazine groups is 1. The van der Waals surface area contributed by atoms with Crippen LogP contribution in [0.4, 0.5) is 19.3 Å². The van der Waals surface area contributed by atoms with E-state index in [1.54, 1.807) is 58.8 Å². The monoisotopic (exact) mass is 584 g/mol. The van der Waals surface area contributed by atoms with Crippen molar-refractivity contribution in [2.75, 3.05) is 44.7 Å². The molecule has 3 amide bonds. The SMILES string of the molecule is CCN(CCN(C(=O)CNCC(=O)N(C)N1Cc2cccc(F)c2C1)c1cc(C#N)c(F)cc1C)C(=O)OC(C)(C)C. The van der Waals surface area contributed by atoms with Gasteiger partial charge in [0.1, 0.15) is 23.3 Å². The Morgan fingerprint density at radius 1 is 1.07 bits per heavy atom. The Kier molecular flexibility index (Phi) is 10.6. The molecule has 0 spiro atoms. The maximum Gasteiger partial charge on any atom is 0.410 e. The van der Waals surface area contributed by atoms with Crippen molar-refractivity contribution in [1.29, 1.82) is 5.26 Å². The Bertz CT molecular complexity index is 1370. The van der Waals surface area contributed by atoms with E-state index in [2.05, 4.69) is 5.32 Å². The predicted molar refractivity (Wildman–Crippen MR) is 153 cm³/mol. The van der Waals surface area contributed by atoms with Gasteiger partial charge in [-0.15, -0.1) is 0 Å². The van der Waals surface area contributed by atoms with Crippen LogP contribution in [0.25, 0.3) is 0 Å². The molecule has 1 N–H and O–H groups in total. The normalized spacial score (nSPS) is 12.8. The molecular formula is C30H38F2N6O4. The second-order valence-electron chi connectivity index (χ2n) is 11.1. The molecule has 226 valence electrons. The fourth-order valence-electron chi connectivity index (χ4n) is 4.56. The standard InChI is InChI=1S/C30H38F2N6O4/c1-7-36(29(41)42-30(3,4)5)11-12-38(26-14-22(15-33)25(32)13-20(26)2)28(40)17-34-16-27(39)35(6)37-18-21-9-8-10-24(31)23(21)19-37/h8-10,13-14,34H,7,11-12,16-19H2,1-6H3. The lowest BCUT2D eigenvalue weighted by Crippen LogP contribution is -2.48. The molecule has 10 nitrogen and oxygen atoms in total. The summed E-state index contributed by atoms with van der Waals surface area (Å²) < 4.78 is 33.9. The number of hydrogen-bond donors (Lipinski definition) is 1. The summed E-state index contributed by atoms with van der Waals surface area (Å²) >= 11 is 0. The predicted octanol–water partition coefficient (Wildman–Crippen LogP) is 3.71. The molecule has 0 saturated carbocycles. The third-order valence-corrected chi connectivity index (χ3v) is 6.87. The summed E-state index contributed by atoms with van der Waals surface area (Å²) in [6.45, 7) is 9.37. The molecule has 0 saturated heterocycles. The quantitative estimate of drug-likeness (QED) is 0.454. The lowest BCUT2D eigenvalue weighted by atomic mass is 10.1. The molecule has 12 heteroatoms. The first-order valence-electron chi connectivity index (χ1n) is 13.7. The average molecular weight is 585 g/mol. The lowest BCUT2D eigenvalue weighted by Gasteiger charge is -2.30. The summed E-state index contributed by atoms with van der Waals surface area (Å²) in [5.41, 5.74) is 1.19. The van der Waals surface area contributed by atoms with Crippen LogP contribution in [0.1, 0.15) is 49.9 Å². The summed E-state index contributed by atoms with van der Waals surface area (Å²) in [5.74, 6) is -1.79. The van der Waals surface area contributed by atoms with Crippen LogP contribution in [0.3, 0.4) is 0 Å². The number of ether oxygens (including phenoxy) is 1. The molecule has 1 aliphatic rings. The Balaban J connectivity index is 1.69. The van der Waals surface area contributed by atoms with E-state index in [0.717, 1.165) is 5.56 Å². The first-order valence-corrected chi connectivity index (χ1v) is 13.7. The highest BCUT2D eigenvalue weighted by atomic mass is 19.1. The van der Waals surface area contributed by atoms with Gasteiger partial charge in [-0.3, -0.25) is 19.9 Å². The van der Waals surface area contributed by atoms with E-state index in [1.165, 1.54) is 33.0 Å². The smallest absolute Gasteiger partial charge is 0.410 e. The molecule has 2 aromatic rings. The van der Waals surface area contributed by atoms with Crippen molar-refractivity contribution < 1.29 is 27.9 Å². The van der Waals surface area contributed by atoms with Gasteiger partial charge >= 0.3 is 6.09 Å². The van der Waals surface area contributed by atoms with Crippen LogP contribution < -0.4 is 10.2 Å². The largest absolute Gasteiger partial charge is 0.444 e. The maximum atomic E-state index is 14.3. The third kappa shape index (κ3) is 8.02. The Morgan fingerprint density at radius 2 is 1.76 bits per heavy atom. The minimum absolute atomic E-state index is 0.0381. The van der Waals surface area contributed by atoms with E-state index in [4.69, 9.17) is 4.74 Å². The van der Waals surface area contributed by atoms with Crippen LogP contribution in [0, 0.1) is 29.9 Å². The number of carbonyl (C=O) groups is 3. The molecule has 0 unspecified atom stereocenters. The first-order chi connectivity index (χ1) is 19.7. The summed E-state index contributed by atoms with van der Waals surface area (Å²) in [7, 11) is 1.59. The number of fused-ring (bicyclic) bond motifs is 1. The van der Waals surface area contributed by atoms with E-state index in [9.17, 15) is 28.4 Å². The zero-order chi connectivity index (χ0) is 31.2. The number of hydrogen-bond acceptors (Lipinski definition) is 7. The summed E-state index contributed by atoms with van der Waals surface area (Å²) in [5, 5.41) is 15.3. The molecule has 1 heterocycles. The van der Waals surface area contributed by atoms with Crippen molar-refractivity contribution in [3.63, 3.8) is 0 Å². The first kappa shape index (κ1) is 32.4. The third-order valence-electron chi connectivity index (χ3n) is 6.87. The zero-order valence-electron chi connectivity index (χ0n) is 25.0. The van der Waals surface area contributed by atoms with Crippen LogP contribution in [0.2, 0.25) is 0 Å². The van der Waals surface area contributed by atoms with Crippen molar-refractivity contribution in [1.82, 2.24) is 20.2 Å². The molecule has 3 rings (SSSR count). The molecule has 0 radical (unpaired) electrons. The highest BCUT2D eigenvalue weighted by molar-refractivity contribution is 5.96. The molecule has 1 aliphatic heterocycles. The minimum Gasteiger partial charge on any atom is -0.444 e. The van der Waals surface area contributed by atoms with Gasteiger partial charge in [-0.25, -0.2) is 18.6 Å². The highest BCUT2D eigenvalue weighted by Gasteiger charge is 2.28. The Hall–Kier alpha value is -4.08. The molecule has 0 fully saturated rings. The number of nitriles is 1. The Labute approximate surface area is 245 Å². The van der Waals surface area contributed by atoms with Crippen LogP contribution >= 0.6 is 0 Å². The molecule has 42 heavy (non-hydrogen) atoms. The van der Waals surface area contributed by atoms with E-state index in [-0.39, 0.29) is 50.0 Å².